The molecule has 5 heteroatoms. The number of rotatable bonds is 1. The Bertz CT molecular complexity index is 586. The van der Waals surface area contributed by atoms with E-state index in [1.165, 1.54) is 6.92 Å². The summed E-state index contributed by atoms with van der Waals surface area (Å²) in [4.78, 5) is 23.5. The summed E-state index contributed by atoms with van der Waals surface area (Å²) in [5.41, 5.74) is 1.01. The van der Waals surface area contributed by atoms with Crippen molar-refractivity contribution in [3.63, 3.8) is 0 Å². The second kappa shape index (κ2) is 4.95. The molecule has 0 aromatic rings. The first-order chi connectivity index (χ1) is 10.2. The van der Waals surface area contributed by atoms with Crippen molar-refractivity contribution >= 4 is 11.9 Å². The lowest BCUT2D eigenvalue weighted by atomic mass is 9.76. The minimum atomic E-state index is -1.06. The van der Waals surface area contributed by atoms with Gasteiger partial charge in [0.2, 0.25) is 0 Å². The molecule has 1 fully saturated rings. The summed E-state index contributed by atoms with van der Waals surface area (Å²) in [6.45, 7) is 6.90. The third-order valence-corrected chi connectivity index (χ3v) is 5.22. The van der Waals surface area contributed by atoms with Gasteiger partial charge in [-0.25, -0.2) is 0 Å². The Balaban J connectivity index is 2.07. The third-order valence-electron chi connectivity index (χ3n) is 5.22. The number of carbonyl (C=O) groups excluding carboxylic acids is 2. The summed E-state index contributed by atoms with van der Waals surface area (Å²) in [6.07, 6.45) is 3.37. The quantitative estimate of drug-likeness (QED) is 0.747. The van der Waals surface area contributed by atoms with Gasteiger partial charge in [-0.3, -0.25) is 9.59 Å². The zero-order chi connectivity index (χ0) is 16.2. The number of esters is 2. The molecule has 0 aromatic heterocycles. The van der Waals surface area contributed by atoms with E-state index < -0.39 is 17.8 Å². The molecule has 6 atom stereocenters. The monoisotopic (exact) mass is 306 g/mol. The lowest BCUT2D eigenvalue weighted by Gasteiger charge is -2.34. The van der Waals surface area contributed by atoms with Crippen LogP contribution in [0.3, 0.4) is 0 Å². The summed E-state index contributed by atoms with van der Waals surface area (Å²) < 4.78 is 11.1. The first kappa shape index (κ1) is 15.3. The third kappa shape index (κ3) is 2.19. The van der Waals surface area contributed by atoms with Crippen molar-refractivity contribution < 1.29 is 24.2 Å². The summed E-state index contributed by atoms with van der Waals surface area (Å²) >= 11 is 0. The summed E-state index contributed by atoms with van der Waals surface area (Å²) in [5, 5.41) is 10.7. The fourth-order valence-corrected chi connectivity index (χ4v) is 4.17. The number of aliphatic hydroxyl groups is 1. The van der Waals surface area contributed by atoms with Gasteiger partial charge in [0.15, 0.2) is 0 Å². The SMILES string of the molecule is CC(=O)O[C@@H]1CC(C)=C2C=C[C@](C)(O)[C@@H]2[C@H]2OC(=O)[C@@H](C)[C@@H]21. The fraction of sp³-hybridized carbons (Fsp3) is 0.647. The van der Waals surface area contributed by atoms with Gasteiger partial charge in [0.05, 0.1) is 17.4 Å². The predicted octanol–water partition coefficient (Wildman–Crippen LogP) is 1.75. The molecule has 1 saturated heterocycles. The molecule has 3 rings (SSSR count). The molecule has 2 aliphatic carbocycles. The van der Waals surface area contributed by atoms with E-state index in [2.05, 4.69) is 0 Å². The highest BCUT2D eigenvalue weighted by Crippen LogP contribution is 2.50. The van der Waals surface area contributed by atoms with Crippen LogP contribution in [0.25, 0.3) is 0 Å². The van der Waals surface area contributed by atoms with Gasteiger partial charge in [0.1, 0.15) is 12.2 Å². The average Bonchev–Trinajstić information content (AvgIpc) is 2.81. The molecule has 3 aliphatic rings. The van der Waals surface area contributed by atoms with Gasteiger partial charge in [-0.1, -0.05) is 24.6 Å². The van der Waals surface area contributed by atoms with E-state index in [-0.39, 0.29) is 29.7 Å². The number of fused-ring (bicyclic) bond motifs is 3. The normalized spacial score (nSPS) is 43.5. The van der Waals surface area contributed by atoms with Gasteiger partial charge in [-0.15, -0.1) is 0 Å². The molecule has 0 spiro atoms. The molecule has 0 bridgehead atoms. The Morgan fingerprint density at radius 1 is 1.50 bits per heavy atom. The van der Waals surface area contributed by atoms with Crippen LogP contribution in [-0.4, -0.2) is 34.9 Å². The van der Waals surface area contributed by atoms with Crippen LogP contribution in [0, 0.1) is 17.8 Å². The van der Waals surface area contributed by atoms with Crippen molar-refractivity contribution in [3.8, 4) is 0 Å². The van der Waals surface area contributed by atoms with Gasteiger partial charge in [0.25, 0.3) is 0 Å². The van der Waals surface area contributed by atoms with E-state index in [0.717, 1.165) is 11.1 Å². The molecule has 0 unspecified atom stereocenters. The van der Waals surface area contributed by atoms with Crippen molar-refractivity contribution in [2.45, 2.75) is 51.9 Å². The van der Waals surface area contributed by atoms with Crippen LogP contribution in [0.4, 0.5) is 0 Å². The Labute approximate surface area is 130 Å². The zero-order valence-corrected chi connectivity index (χ0v) is 13.3. The highest BCUT2D eigenvalue weighted by Gasteiger charge is 2.57. The number of allylic oxidation sites excluding steroid dienone is 1. The maximum atomic E-state index is 12.1. The molecular formula is C17H22O5. The second-order valence-corrected chi connectivity index (χ2v) is 6.89. The summed E-state index contributed by atoms with van der Waals surface area (Å²) in [7, 11) is 0. The summed E-state index contributed by atoms with van der Waals surface area (Å²) in [5.74, 6) is -1.53. The molecule has 1 heterocycles. The fourth-order valence-electron chi connectivity index (χ4n) is 4.17. The largest absolute Gasteiger partial charge is 0.462 e. The van der Waals surface area contributed by atoms with Gasteiger partial charge in [-0.05, 0) is 19.4 Å². The van der Waals surface area contributed by atoms with Crippen molar-refractivity contribution in [3.05, 3.63) is 23.3 Å². The van der Waals surface area contributed by atoms with Gasteiger partial charge in [-0.2, -0.15) is 0 Å². The first-order valence-electron chi connectivity index (χ1n) is 7.71. The predicted molar refractivity (Wildman–Crippen MR) is 78.7 cm³/mol. The Hall–Kier alpha value is -1.62. The van der Waals surface area contributed by atoms with Crippen LogP contribution >= 0.6 is 0 Å². The first-order valence-corrected chi connectivity index (χ1v) is 7.71. The Morgan fingerprint density at radius 2 is 2.18 bits per heavy atom. The van der Waals surface area contributed by atoms with Gasteiger partial charge < -0.3 is 14.6 Å². The summed E-state index contributed by atoms with van der Waals surface area (Å²) in [6, 6.07) is 0. The Morgan fingerprint density at radius 3 is 2.82 bits per heavy atom. The molecule has 0 amide bonds. The number of hydrogen-bond acceptors (Lipinski definition) is 5. The minimum absolute atomic E-state index is 0.236. The standard InChI is InChI=1S/C17H22O5/c1-8-7-12(21-10(3)18)13-9(2)16(19)22-15(13)14-11(8)5-6-17(14,4)20/h5-6,9,12-15,20H,7H2,1-4H3/t9-,12+,13+,14-,15-,17-/m0/s1. The van der Waals surface area contributed by atoms with Crippen LogP contribution in [0.15, 0.2) is 23.3 Å². The highest BCUT2D eigenvalue weighted by molar-refractivity contribution is 5.75. The van der Waals surface area contributed by atoms with Crippen LogP contribution in [0.2, 0.25) is 0 Å². The van der Waals surface area contributed by atoms with E-state index in [0.29, 0.717) is 6.42 Å². The maximum absolute atomic E-state index is 12.1. The molecule has 22 heavy (non-hydrogen) atoms. The molecular weight excluding hydrogens is 284 g/mol. The molecule has 0 aromatic carbocycles. The van der Waals surface area contributed by atoms with Crippen molar-refractivity contribution in [2.75, 3.05) is 0 Å². The van der Waals surface area contributed by atoms with Crippen LogP contribution in [0.5, 0.6) is 0 Å². The minimum Gasteiger partial charge on any atom is -0.462 e. The molecule has 5 nitrogen and oxygen atoms in total. The van der Waals surface area contributed by atoms with Crippen molar-refractivity contribution in [1.29, 1.82) is 0 Å². The highest BCUT2D eigenvalue weighted by atomic mass is 16.6. The molecule has 1 N–H and O–H groups in total. The van der Waals surface area contributed by atoms with Crippen molar-refractivity contribution in [2.24, 2.45) is 17.8 Å². The topological polar surface area (TPSA) is 72.8 Å². The van der Waals surface area contributed by atoms with Crippen LogP contribution < -0.4 is 0 Å². The van der Waals surface area contributed by atoms with E-state index in [1.54, 1.807) is 19.9 Å². The lowest BCUT2D eigenvalue weighted by molar-refractivity contribution is -0.151. The second-order valence-electron chi connectivity index (χ2n) is 6.89. The Kier molecular flexibility index (Phi) is 3.44. The average molecular weight is 306 g/mol. The van der Waals surface area contributed by atoms with E-state index in [4.69, 9.17) is 9.47 Å². The van der Waals surface area contributed by atoms with E-state index >= 15 is 0 Å². The molecule has 0 saturated carbocycles. The van der Waals surface area contributed by atoms with Crippen LogP contribution in [0.1, 0.15) is 34.1 Å². The number of hydrogen-bond donors (Lipinski definition) is 1. The van der Waals surface area contributed by atoms with E-state index in [1.807, 2.05) is 13.0 Å². The van der Waals surface area contributed by atoms with Gasteiger partial charge >= 0.3 is 11.9 Å². The smallest absolute Gasteiger partial charge is 0.309 e. The molecule has 0 radical (unpaired) electrons. The van der Waals surface area contributed by atoms with E-state index in [9.17, 15) is 14.7 Å². The molecule has 120 valence electrons. The van der Waals surface area contributed by atoms with Crippen LogP contribution in [-0.2, 0) is 19.1 Å². The van der Waals surface area contributed by atoms with Crippen molar-refractivity contribution in [1.82, 2.24) is 0 Å². The number of ether oxygens (including phenoxy) is 2. The lowest BCUT2D eigenvalue weighted by Crippen LogP contribution is -2.44. The van der Waals surface area contributed by atoms with Gasteiger partial charge in [0, 0.05) is 19.3 Å². The zero-order valence-electron chi connectivity index (χ0n) is 13.3. The maximum Gasteiger partial charge on any atom is 0.309 e. The molecule has 1 aliphatic heterocycles. The number of carbonyl (C=O) groups is 2.